The lowest BCUT2D eigenvalue weighted by atomic mass is 10.1. The van der Waals surface area contributed by atoms with Crippen LogP contribution in [-0.2, 0) is 17.8 Å². The minimum absolute atomic E-state index is 0.266. The van der Waals surface area contributed by atoms with Crippen LogP contribution >= 0.6 is 11.6 Å². The van der Waals surface area contributed by atoms with Crippen molar-refractivity contribution in [2.75, 3.05) is 13.1 Å². The second kappa shape index (κ2) is 8.97. The highest BCUT2D eigenvalue weighted by molar-refractivity contribution is 6.31. The zero-order valence-electron chi connectivity index (χ0n) is 14.3. The number of hydrogen-bond acceptors (Lipinski definition) is 3. The summed E-state index contributed by atoms with van der Waals surface area (Å²) in [5.41, 5.74) is 2.15. The molecule has 0 aliphatic carbocycles. The molecule has 132 valence electrons. The van der Waals surface area contributed by atoms with Crippen molar-refractivity contribution < 1.29 is 4.79 Å². The highest BCUT2D eigenvalue weighted by Gasteiger charge is 2.29. The zero-order valence-corrected chi connectivity index (χ0v) is 15.1. The van der Waals surface area contributed by atoms with Gasteiger partial charge in [-0.05, 0) is 49.6 Å². The molecule has 1 amide bonds. The molecule has 2 aromatic rings. The molecule has 2 heterocycles. The summed E-state index contributed by atoms with van der Waals surface area (Å²) < 4.78 is 0. The van der Waals surface area contributed by atoms with Crippen LogP contribution in [-0.4, -0.2) is 34.9 Å². The minimum atomic E-state index is 0.266. The first-order chi connectivity index (χ1) is 12.2. The van der Waals surface area contributed by atoms with E-state index in [1.807, 2.05) is 53.6 Å². The molecule has 0 bridgehead atoms. The standard InChI is InChI=1S/C20H24ClN3O/c21-19-7-2-1-5-16(19)11-14-24-18(8-9-20(24)25)10-13-22-15-17-6-3-4-12-23-17/h1-7,12,18,22H,8-11,13-15H2. The van der Waals surface area contributed by atoms with Gasteiger partial charge in [0.25, 0.3) is 0 Å². The van der Waals surface area contributed by atoms with Gasteiger partial charge in [-0.2, -0.15) is 0 Å². The third-order valence-electron chi connectivity index (χ3n) is 4.72. The van der Waals surface area contributed by atoms with Crippen molar-refractivity contribution in [1.29, 1.82) is 0 Å². The van der Waals surface area contributed by atoms with E-state index in [-0.39, 0.29) is 5.91 Å². The topological polar surface area (TPSA) is 45.2 Å². The Kier molecular flexibility index (Phi) is 6.42. The molecule has 3 rings (SSSR count). The Hall–Kier alpha value is -1.91. The van der Waals surface area contributed by atoms with Gasteiger partial charge in [0.15, 0.2) is 0 Å². The maximum Gasteiger partial charge on any atom is 0.222 e. The van der Waals surface area contributed by atoms with Gasteiger partial charge in [-0.3, -0.25) is 9.78 Å². The summed E-state index contributed by atoms with van der Waals surface area (Å²) in [5.74, 6) is 0.266. The van der Waals surface area contributed by atoms with Crippen LogP contribution in [0.4, 0.5) is 0 Å². The highest BCUT2D eigenvalue weighted by atomic mass is 35.5. The van der Waals surface area contributed by atoms with Gasteiger partial charge in [-0.1, -0.05) is 35.9 Å². The number of pyridine rings is 1. The first-order valence-electron chi connectivity index (χ1n) is 8.87. The van der Waals surface area contributed by atoms with Crippen molar-refractivity contribution >= 4 is 17.5 Å². The van der Waals surface area contributed by atoms with Crippen molar-refractivity contribution in [3.05, 3.63) is 64.9 Å². The summed E-state index contributed by atoms with van der Waals surface area (Å²) >= 11 is 6.22. The monoisotopic (exact) mass is 357 g/mol. The van der Waals surface area contributed by atoms with Crippen LogP contribution in [0.5, 0.6) is 0 Å². The number of aromatic nitrogens is 1. The van der Waals surface area contributed by atoms with Crippen LogP contribution in [0.1, 0.15) is 30.5 Å². The molecule has 1 N–H and O–H groups in total. The van der Waals surface area contributed by atoms with E-state index >= 15 is 0 Å². The Bertz CT molecular complexity index is 692. The van der Waals surface area contributed by atoms with E-state index in [1.54, 1.807) is 0 Å². The summed E-state index contributed by atoms with van der Waals surface area (Å²) in [6, 6.07) is 14.1. The van der Waals surface area contributed by atoms with Gasteiger partial charge in [-0.15, -0.1) is 0 Å². The number of rotatable bonds is 8. The minimum Gasteiger partial charge on any atom is -0.339 e. The second-order valence-corrected chi connectivity index (χ2v) is 6.81. The molecule has 1 atom stereocenters. The van der Waals surface area contributed by atoms with Crippen molar-refractivity contribution in [2.45, 2.75) is 38.3 Å². The van der Waals surface area contributed by atoms with E-state index in [0.29, 0.717) is 12.5 Å². The Balaban J connectivity index is 1.45. The SMILES string of the molecule is O=C1CCC(CCNCc2ccccn2)N1CCc1ccccc1Cl. The number of nitrogens with one attached hydrogen (secondary N) is 1. The fourth-order valence-electron chi connectivity index (χ4n) is 3.33. The molecule has 0 radical (unpaired) electrons. The summed E-state index contributed by atoms with van der Waals surface area (Å²) in [6.45, 7) is 2.39. The number of carbonyl (C=O) groups is 1. The normalized spacial score (nSPS) is 17.2. The van der Waals surface area contributed by atoms with E-state index in [2.05, 4.69) is 10.3 Å². The molecule has 5 heteroatoms. The lowest BCUT2D eigenvalue weighted by Crippen LogP contribution is -2.36. The van der Waals surface area contributed by atoms with Crippen molar-refractivity contribution in [2.24, 2.45) is 0 Å². The fourth-order valence-corrected chi connectivity index (χ4v) is 3.56. The number of hydrogen-bond donors (Lipinski definition) is 1. The third kappa shape index (κ3) is 5.03. The lowest BCUT2D eigenvalue weighted by Gasteiger charge is -2.25. The Morgan fingerprint density at radius 3 is 2.84 bits per heavy atom. The predicted molar refractivity (Wildman–Crippen MR) is 100 cm³/mol. The third-order valence-corrected chi connectivity index (χ3v) is 5.09. The molecule has 1 aromatic carbocycles. The average molecular weight is 358 g/mol. The van der Waals surface area contributed by atoms with Crippen LogP contribution in [0.15, 0.2) is 48.7 Å². The molecular formula is C20H24ClN3O. The summed E-state index contributed by atoms with van der Waals surface area (Å²) in [5, 5.41) is 4.21. The highest BCUT2D eigenvalue weighted by Crippen LogP contribution is 2.23. The number of nitrogens with zero attached hydrogens (tertiary/aromatic N) is 2. The first-order valence-corrected chi connectivity index (χ1v) is 9.25. The number of likely N-dealkylation sites (tertiary alicyclic amines) is 1. The van der Waals surface area contributed by atoms with E-state index in [9.17, 15) is 4.79 Å². The Labute approximate surface area is 154 Å². The van der Waals surface area contributed by atoms with Crippen LogP contribution < -0.4 is 5.32 Å². The van der Waals surface area contributed by atoms with Crippen molar-refractivity contribution in [3.63, 3.8) is 0 Å². The molecule has 0 spiro atoms. The van der Waals surface area contributed by atoms with Crippen LogP contribution in [0.3, 0.4) is 0 Å². The summed E-state index contributed by atoms with van der Waals surface area (Å²) in [6.07, 6.45) is 5.20. The van der Waals surface area contributed by atoms with Crippen LogP contribution in [0.25, 0.3) is 0 Å². The Morgan fingerprint density at radius 2 is 2.04 bits per heavy atom. The quantitative estimate of drug-likeness (QED) is 0.736. The number of benzene rings is 1. The van der Waals surface area contributed by atoms with E-state index < -0.39 is 0 Å². The molecule has 1 unspecified atom stereocenters. The molecule has 1 aromatic heterocycles. The summed E-state index contributed by atoms with van der Waals surface area (Å²) in [7, 11) is 0. The lowest BCUT2D eigenvalue weighted by molar-refractivity contribution is -0.129. The molecule has 1 fully saturated rings. The van der Waals surface area contributed by atoms with Gasteiger partial charge >= 0.3 is 0 Å². The van der Waals surface area contributed by atoms with E-state index in [4.69, 9.17) is 11.6 Å². The molecule has 1 aliphatic heterocycles. The van der Waals surface area contributed by atoms with Gasteiger partial charge in [-0.25, -0.2) is 0 Å². The van der Waals surface area contributed by atoms with E-state index in [0.717, 1.165) is 55.2 Å². The molecular weight excluding hydrogens is 334 g/mol. The zero-order chi connectivity index (χ0) is 17.5. The number of carbonyl (C=O) groups excluding carboxylic acids is 1. The number of amides is 1. The van der Waals surface area contributed by atoms with Gasteiger partial charge in [0.05, 0.1) is 5.69 Å². The van der Waals surface area contributed by atoms with E-state index in [1.165, 1.54) is 0 Å². The second-order valence-electron chi connectivity index (χ2n) is 6.41. The smallest absolute Gasteiger partial charge is 0.222 e. The van der Waals surface area contributed by atoms with Gasteiger partial charge in [0.2, 0.25) is 5.91 Å². The fraction of sp³-hybridized carbons (Fsp3) is 0.400. The molecule has 25 heavy (non-hydrogen) atoms. The first kappa shape index (κ1) is 17.9. The molecule has 1 saturated heterocycles. The molecule has 4 nitrogen and oxygen atoms in total. The predicted octanol–water partition coefficient (Wildman–Crippen LogP) is 3.45. The number of halogens is 1. The van der Waals surface area contributed by atoms with Crippen LogP contribution in [0.2, 0.25) is 5.02 Å². The van der Waals surface area contributed by atoms with Gasteiger partial charge in [0, 0.05) is 36.8 Å². The van der Waals surface area contributed by atoms with Crippen molar-refractivity contribution in [1.82, 2.24) is 15.2 Å². The average Bonchev–Trinajstić information content (AvgIpc) is 2.99. The van der Waals surface area contributed by atoms with Gasteiger partial charge < -0.3 is 10.2 Å². The van der Waals surface area contributed by atoms with Crippen molar-refractivity contribution in [3.8, 4) is 0 Å². The summed E-state index contributed by atoms with van der Waals surface area (Å²) in [4.78, 5) is 18.5. The van der Waals surface area contributed by atoms with Crippen LogP contribution in [0, 0.1) is 0 Å². The van der Waals surface area contributed by atoms with Gasteiger partial charge in [0.1, 0.15) is 0 Å². The molecule has 1 aliphatic rings. The maximum absolute atomic E-state index is 12.2. The Morgan fingerprint density at radius 1 is 1.20 bits per heavy atom. The molecule has 0 saturated carbocycles. The largest absolute Gasteiger partial charge is 0.339 e. The maximum atomic E-state index is 12.2.